The van der Waals surface area contributed by atoms with E-state index in [9.17, 15) is 9.18 Å². The second kappa shape index (κ2) is 4.50. The summed E-state index contributed by atoms with van der Waals surface area (Å²) in [5, 5.41) is 0. The molecular weight excluding hydrogens is 215 g/mol. The highest BCUT2D eigenvalue weighted by molar-refractivity contribution is 6.02. The van der Waals surface area contributed by atoms with Gasteiger partial charge in [0.15, 0.2) is 5.67 Å². The minimum absolute atomic E-state index is 0.383. The van der Waals surface area contributed by atoms with E-state index >= 15 is 0 Å². The number of halogens is 1. The Morgan fingerprint density at radius 1 is 0.941 bits per heavy atom. The van der Waals surface area contributed by atoms with Crippen LogP contribution in [0.25, 0.3) is 0 Å². The van der Waals surface area contributed by atoms with E-state index in [1.165, 1.54) is 6.92 Å². The van der Waals surface area contributed by atoms with E-state index in [2.05, 4.69) is 0 Å². The molecule has 0 aromatic heterocycles. The summed E-state index contributed by atoms with van der Waals surface area (Å²) < 4.78 is 14.6. The zero-order chi connectivity index (χ0) is 12.3. The highest BCUT2D eigenvalue weighted by atomic mass is 19.1. The molecule has 0 aliphatic heterocycles. The molecule has 0 radical (unpaired) electrons. The molecule has 0 spiro atoms. The standard InChI is InChI=1S/C15H13FO/c1-15(16,13-10-6-3-7-11-13)14(17)12-8-4-2-5-9-12/h2-11H,1H3. The third kappa shape index (κ3) is 2.26. The Balaban J connectivity index is 2.37. The van der Waals surface area contributed by atoms with Crippen LogP contribution in [0.4, 0.5) is 4.39 Å². The van der Waals surface area contributed by atoms with Crippen LogP contribution in [0.2, 0.25) is 0 Å². The second-order valence-corrected chi connectivity index (χ2v) is 4.06. The summed E-state index contributed by atoms with van der Waals surface area (Å²) in [5.74, 6) is -0.510. The van der Waals surface area contributed by atoms with Gasteiger partial charge in [-0.15, -0.1) is 0 Å². The third-order valence-electron chi connectivity index (χ3n) is 2.78. The van der Waals surface area contributed by atoms with E-state index in [0.29, 0.717) is 11.1 Å². The van der Waals surface area contributed by atoms with Gasteiger partial charge in [-0.05, 0) is 12.5 Å². The minimum atomic E-state index is -1.98. The van der Waals surface area contributed by atoms with Gasteiger partial charge in [0.2, 0.25) is 5.78 Å². The summed E-state index contributed by atoms with van der Waals surface area (Å²) in [5.41, 5.74) is -1.21. The van der Waals surface area contributed by atoms with Gasteiger partial charge in [-0.25, -0.2) is 4.39 Å². The molecule has 0 fully saturated rings. The molecule has 1 nitrogen and oxygen atoms in total. The van der Waals surface area contributed by atoms with Crippen molar-refractivity contribution in [1.82, 2.24) is 0 Å². The lowest BCUT2D eigenvalue weighted by Gasteiger charge is -2.19. The number of rotatable bonds is 3. The van der Waals surface area contributed by atoms with Crippen LogP contribution in [0, 0.1) is 0 Å². The Kier molecular flexibility index (Phi) is 3.05. The fourth-order valence-electron chi connectivity index (χ4n) is 1.74. The fourth-order valence-corrected chi connectivity index (χ4v) is 1.74. The first-order chi connectivity index (χ1) is 8.12. The average molecular weight is 228 g/mol. The van der Waals surface area contributed by atoms with Crippen LogP contribution in [0.5, 0.6) is 0 Å². The quantitative estimate of drug-likeness (QED) is 0.731. The van der Waals surface area contributed by atoms with Crippen LogP contribution in [-0.2, 0) is 5.67 Å². The van der Waals surface area contributed by atoms with E-state index < -0.39 is 11.5 Å². The maximum Gasteiger partial charge on any atom is 0.204 e. The fraction of sp³-hybridized carbons (Fsp3) is 0.133. The molecule has 2 aromatic rings. The van der Waals surface area contributed by atoms with Crippen LogP contribution in [0.1, 0.15) is 22.8 Å². The summed E-state index contributed by atoms with van der Waals surface area (Å²) in [6.07, 6.45) is 0. The third-order valence-corrected chi connectivity index (χ3v) is 2.78. The number of carbonyl (C=O) groups is 1. The maximum atomic E-state index is 14.6. The molecule has 0 saturated carbocycles. The van der Waals surface area contributed by atoms with Gasteiger partial charge in [0.05, 0.1) is 0 Å². The van der Waals surface area contributed by atoms with Crippen molar-refractivity contribution in [3.05, 3.63) is 71.8 Å². The first kappa shape index (κ1) is 11.5. The number of benzene rings is 2. The van der Waals surface area contributed by atoms with E-state index in [1.54, 1.807) is 60.7 Å². The van der Waals surface area contributed by atoms with Gasteiger partial charge in [-0.2, -0.15) is 0 Å². The molecular formula is C15H13FO. The van der Waals surface area contributed by atoms with Crippen molar-refractivity contribution in [2.75, 3.05) is 0 Å². The number of carbonyl (C=O) groups excluding carboxylic acids is 1. The van der Waals surface area contributed by atoms with Crippen molar-refractivity contribution >= 4 is 5.78 Å². The second-order valence-electron chi connectivity index (χ2n) is 4.06. The smallest absolute Gasteiger partial charge is 0.204 e. The molecule has 0 aliphatic rings. The Morgan fingerprint density at radius 3 is 1.94 bits per heavy atom. The van der Waals surface area contributed by atoms with Crippen molar-refractivity contribution < 1.29 is 9.18 Å². The van der Waals surface area contributed by atoms with Gasteiger partial charge in [-0.1, -0.05) is 60.7 Å². The van der Waals surface area contributed by atoms with Crippen molar-refractivity contribution in [3.8, 4) is 0 Å². The van der Waals surface area contributed by atoms with Gasteiger partial charge < -0.3 is 0 Å². The largest absolute Gasteiger partial charge is 0.290 e. The molecule has 0 bridgehead atoms. The average Bonchev–Trinajstić information content (AvgIpc) is 2.40. The van der Waals surface area contributed by atoms with Crippen LogP contribution in [0.15, 0.2) is 60.7 Å². The molecule has 2 aromatic carbocycles. The lowest BCUT2D eigenvalue weighted by Crippen LogP contribution is -2.27. The highest BCUT2D eigenvalue weighted by Gasteiger charge is 2.35. The zero-order valence-corrected chi connectivity index (χ0v) is 9.56. The number of hydrogen-bond acceptors (Lipinski definition) is 1. The molecule has 0 heterocycles. The van der Waals surface area contributed by atoms with E-state index in [0.717, 1.165) is 0 Å². The number of hydrogen-bond donors (Lipinski definition) is 0. The van der Waals surface area contributed by atoms with Gasteiger partial charge in [0.25, 0.3) is 0 Å². The van der Waals surface area contributed by atoms with E-state index in [1.807, 2.05) is 0 Å². The van der Waals surface area contributed by atoms with Gasteiger partial charge in [0, 0.05) is 5.56 Å². The molecule has 0 saturated heterocycles. The molecule has 1 unspecified atom stereocenters. The minimum Gasteiger partial charge on any atom is -0.290 e. The zero-order valence-electron chi connectivity index (χ0n) is 9.56. The van der Waals surface area contributed by atoms with E-state index in [-0.39, 0.29) is 0 Å². The Bertz CT molecular complexity index is 503. The number of Topliss-reactive ketones (excluding diaryl/α,β-unsaturated/α-hetero) is 1. The van der Waals surface area contributed by atoms with E-state index in [4.69, 9.17) is 0 Å². The predicted molar refractivity (Wildman–Crippen MR) is 65.7 cm³/mol. The number of alkyl halides is 1. The van der Waals surface area contributed by atoms with Crippen LogP contribution >= 0.6 is 0 Å². The SMILES string of the molecule is CC(F)(C(=O)c1ccccc1)c1ccccc1. The van der Waals surface area contributed by atoms with Crippen LogP contribution in [0.3, 0.4) is 0 Å². The summed E-state index contributed by atoms with van der Waals surface area (Å²) in [6, 6.07) is 17.0. The van der Waals surface area contributed by atoms with Crippen molar-refractivity contribution in [2.24, 2.45) is 0 Å². The topological polar surface area (TPSA) is 17.1 Å². The summed E-state index contributed by atoms with van der Waals surface area (Å²) in [6.45, 7) is 1.30. The van der Waals surface area contributed by atoms with Gasteiger partial charge in [0.1, 0.15) is 0 Å². The van der Waals surface area contributed by atoms with Crippen molar-refractivity contribution in [3.63, 3.8) is 0 Å². The molecule has 2 heteroatoms. The summed E-state index contributed by atoms with van der Waals surface area (Å²) in [7, 11) is 0. The Labute approximate surface area is 99.9 Å². The molecule has 0 aliphatic carbocycles. The van der Waals surface area contributed by atoms with Gasteiger partial charge in [-0.3, -0.25) is 4.79 Å². The van der Waals surface area contributed by atoms with Crippen molar-refractivity contribution in [1.29, 1.82) is 0 Å². The van der Waals surface area contributed by atoms with Crippen molar-refractivity contribution in [2.45, 2.75) is 12.6 Å². The highest BCUT2D eigenvalue weighted by Crippen LogP contribution is 2.29. The normalized spacial score (nSPS) is 14.0. The number of ketones is 1. The molecule has 1 atom stereocenters. The molecule has 17 heavy (non-hydrogen) atoms. The Morgan fingerprint density at radius 2 is 1.41 bits per heavy atom. The summed E-state index contributed by atoms with van der Waals surface area (Å²) in [4.78, 5) is 12.1. The van der Waals surface area contributed by atoms with Crippen LogP contribution < -0.4 is 0 Å². The monoisotopic (exact) mass is 228 g/mol. The first-order valence-electron chi connectivity index (χ1n) is 5.46. The molecule has 2 rings (SSSR count). The predicted octanol–water partition coefficient (Wildman–Crippen LogP) is 3.75. The summed E-state index contributed by atoms with van der Waals surface area (Å²) >= 11 is 0. The first-order valence-corrected chi connectivity index (χ1v) is 5.46. The molecule has 0 amide bonds. The maximum absolute atomic E-state index is 14.6. The molecule has 86 valence electrons. The molecule has 0 N–H and O–H groups in total. The lowest BCUT2D eigenvalue weighted by atomic mass is 9.89. The Hall–Kier alpha value is -1.96. The van der Waals surface area contributed by atoms with Gasteiger partial charge >= 0.3 is 0 Å². The van der Waals surface area contributed by atoms with Crippen LogP contribution in [-0.4, -0.2) is 5.78 Å². The lowest BCUT2D eigenvalue weighted by molar-refractivity contribution is 0.0720.